The lowest BCUT2D eigenvalue weighted by Crippen LogP contribution is -2.35. The molecule has 6 heteroatoms. The molecule has 2 rings (SSSR count). The van der Waals surface area contributed by atoms with Crippen LogP contribution in [0.5, 0.6) is 0 Å². The lowest BCUT2D eigenvalue weighted by Gasteiger charge is -2.11. The molecule has 2 unspecified atom stereocenters. The van der Waals surface area contributed by atoms with Crippen LogP contribution < -0.4 is 10.6 Å². The number of benzene rings is 1. The monoisotopic (exact) mass is 242 g/mol. The van der Waals surface area contributed by atoms with Crippen LogP contribution >= 0.6 is 0 Å². The van der Waals surface area contributed by atoms with Crippen LogP contribution in [0.3, 0.4) is 0 Å². The highest BCUT2D eigenvalue weighted by atomic mass is 19.1. The second-order valence-electron chi connectivity index (χ2n) is 3.96. The van der Waals surface area contributed by atoms with Gasteiger partial charge in [0.15, 0.2) is 0 Å². The van der Waals surface area contributed by atoms with Crippen molar-refractivity contribution in [3.8, 4) is 0 Å². The van der Waals surface area contributed by atoms with E-state index in [0.29, 0.717) is 6.54 Å². The number of halogens is 2. The minimum Gasteiger partial charge on any atom is -0.392 e. The van der Waals surface area contributed by atoms with Gasteiger partial charge < -0.3 is 15.7 Å². The molecule has 1 fully saturated rings. The zero-order chi connectivity index (χ0) is 12.4. The number of hydrogen-bond donors (Lipinski definition) is 3. The van der Waals surface area contributed by atoms with Gasteiger partial charge in [0, 0.05) is 12.6 Å². The van der Waals surface area contributed by atoms with E-state index in [1.54, 1.807) is 0 Å². The molecule has 92 valence electrons. The van der Waals surface area contributed by atoms with Crippen LogP contribution in [-0.4, -0.2) is 29.7 Å². The lowest BCUT2D eigenvalue weighted by atomic mass is 10.2. The van der Waals surface area contributed by atoms with Gasteiger partial charge >= 0.3 is 0 Å². The molecule has 3 N–H and O–H groups in total. The summed E-state index contributed by atoms with van der Waals surface area (Å²) in [7, 11) is 0. The average Bonchev–Trinajstić information content (AvgIpc) is 2.70. The molecule has 0 saturated carbocycles. The summed E-state index contributed by atoms with van der Waals surface area (Å²) < 4.78 is 26.1. The summed E-state index contributed by atoms with van der Waals surface area (Å²) in [6, 6.07) is 2.26. The number of hydrogen-bond acceptors (Lipinski definition) is 3. The first-order valence-electron chi connectivity index (χ1n) is 5.23. The van der Waals surface area contributed by atoms with Crippen LogP contribution in [0.1, 0.15) is 6.42 Å². The Hall–Kier alpha value is -1.53. The van der Waals surface area contributed by atoms with E-state index in [9.17, 15) is 18.7 Å². The molecule has 1 aliphatic rings. The molecule has 1 amide bonds. The van der Waals surface area contributed by atoms with Crippen molar-refractivity contribution in [2.24, 2.45) is 0 Å². The van der Waals surface area contributed by atoms with E-state index in [4.69, 9.17) is 0 Å². The second-order valence-corrected chi connectivity index (χ2v) is 3.96. The Labute approximate surface area is 96.6 Å². The first kappa shape index (κ1) is 11.9. The van der Waals surface area contributed by atoms with Gasteiger partial charge in [0.05, 0.1) is 17.8 Å². The number of anilines is 1. The smallest absolute Gasteiger partial charge is 0.241 e. The fraction of sp³-hybridized carbons (Fsp3) is 0.364. The lowest BCUT2D eigenvalue weighted by molar-refractivity contribution is -0.118. The van der Waals surface area contributed by atoms with Gasteiger partial charge in [0.1, 0.15) is 11.6 Å². The highest BCUT2D eigenvalue weighted by molar-refractivity contribution is 5.95. The summed E-state index contributed by atoms with van der Waals surface area (Å²) in [5.74, 6) is -1.80. The molecular weight excluding hydrogens is 230 g/mol. The van der Waals surface area contributed by atoms with Gasteiger partial charge in [-0.05, 0) is 18.6 Å². The van der Waals surface area contributed by atoms with E-state index >= 15 is 0 Å². The van der Waals surface area contributed by atoms with Crippen LogP contribution in [0, 0.1) is 11.6 Å². The molecule has 0 bridgehead atoms. The molecule has 2 atom stereocenters. The van der Waals surface area contributed by atoms with E-state index in [2.05, 4.69) is 10.6 Å². The van der Waals surface area contributed by atoms with Crippen molar-refractivity contribution in [2.75, 3.05) is 11.9 Å². The van der Waals surface area contributed by atoms with Gasteiger partial charge in [-0.25, -0.2) is 8.78 Å². The molecule has 1 aromatic carbocycles. The van der Waals surface area contributed by atoms with Crippen molar-refractivity contribution >= 4 is 11.6 Å². The molecule has 1 aromatic rings. The van der Waals surface area contributed by atoms with Crippen LogP contribution in [0.15, 0.2) is 18.2 Å². The average molecular weight is 242 g/mol. The minimum absolute atomic E-state index is 0.196. The van der Waals surface area contributed by atoms with E-state index in [1.807, 2.05) is 0 Å². The van der Waals surface area contributed by atoms with E-state index < -0.39 is 29.7 Å². The third-order valence-corrected chi connectivity index (χ3v) is 2.61. The van der Waals surface area contributed by atoms with Gasteiger partial charge in [0.2, 0.25) is 5.91 Å². The molecule has 0 aliphatic carbocycles. The van der Waals surface area contributed by atoms with Gasteiger partial charge in [0.25, 0.3) is 0 Å². The first-order valence-corrected chi connectivity index (χ1v) is 5.23. The summed E-state index contributed by atoms with van der Waals surface area (Å²) in [4.78, 5) is 11.6. The quantitative estimate of drug-likeness (QED) is 0.712. The zero-order valence-electron chi connectivity index (χ0n) is 8.91. The molecule has 17 heavy (non-hydrogen) atoms. The SMILES string of the molecule is O=C(Nc1cc(F)ccc1F)C1CC(O)CN1. The third kappa shape index (κ3) is 2.78. The van der Waals surface area contributed by atoms with Crippen molar-refractivity contribution in [1.82, 2.24) is 5.32 Å². The summed E-state index contributed by atoms with van der Waals surface area (Å²) >= 11 is 0. The summed E-state index contributed by atoms with van der Waals surface area (Å²) in [6.07, 6.45) is -0.314. The van der Waals surface area contributed by atoms with Crippen molar-refractivity contribution in [3.05, 3.63) is 29.8 Å². The highest BCUT2D eigenvalue weighted by Gasteiger charge is 2.28. The highest BCUT2D eigenvalue weighted by Crippen LogP contribution is 2.16. The van der Waals surface area contributed by atoms with E-state index in [0.717, 1.165) is 18.2 Å². The molecule has 0 aromatic heterocycles. The van der Waals surface area contributed by atoms with Crippen LogP contribution in [0.4, 0.5) is 14.5 Å². The standard InChI is InChI=1S/C11H12F2N2O2/c12-6-1-2-8(13)9(3-6)15-11(17)10-4-7(16)5-14-10/h1-3,7,10,14,16H,4-5H2,(H,15,17). The van der Waals surface area contributed by atoms with E-state index in [-0.39, 0.29) is 12.1 Å². The van der Waals surface area contributed by atoms with Gasteiger partial charge in [-0.15, -0.1) is 0 Å². The Balaban J connectivity index is 2.05. The number of nitrogens with one attached hydrogen (secondary N) is 2. The fourth-order valence-corrected chi connectivity index (χ4v) is 1.73. The first-order chi connectivity index (χ1) is 8.06. The molecule has 0 spiro atoms. The normalized spacial score (nSPS) is 23.7. The topological polar surface area (TPSA) is 61.4 Å². The Kier molecular flexibility index (Phi) is 3.35. The summed E-state index contributed by atoms with van der Waals surface area (Å²) in [5.41, 5.74) is -0.196. The number of amides is 1. The maximum atomic E-state index is 13.2. The zero-order valence-corrected chi connectivity index (χ0v) is 8.91. The second kappa shape index (κ2) is 4.77. The number of rotatable bonds is 2. The Morgan fingerprint density at radius 1 is 1.47 bits per heavy atom. The predicted octanol–water partition coefficient (Wildman–Crippen LogP) is 0.626. The molecule has 1 saturated heterocycles. The fourth-order valence-electron chi connectivity index (χ4n) is 1.73. The number of aliphatic hydroxyl groups is 1. The molecule has 4 nitrogen and oxygen atoms in total. The number of carbonyl (C=O) groups excluding carboxylic acids is 1. The Morgan fingerprint density at radius 2 is 2.24 bits per heavy atom. The third-order valence-electron chi connectivity index (χ3n) is 2.61. The number of carbonyl (C=O) groups is 1. The largest absolute Gasteiger partial charge is 0.392 e. The van der Waals surface area contributed by atoms with Crippen LogP contribution in [-0.2, 0) is 4.79 Å². The summed E-state index contributed by atoms with van der Waals surface area (Å²) in [6.45, 7) is 0.323. The maximum absolute atomic E-state index is 13.2. The predicted molar refractivity (Wildman–Crippen MR) is 57.4 cm³/mol. The number of β-amino-alcohol motifs (C(OH)–C–C–N with tert-alkyl or cyclic N) is 1. The summed E-state index contributed by atoms with van der Waals surface area (Å²) in [5, 5.41) is 14.3. The van der Waals surface area contributed by atoms with Crippen LogP contribution in [0.2, 0.25) is 0 Å². The van der Waals surface area contributed by atoms with Crippen molar-refractivity contribution in [3.63, 3.8) is 0 Å². The maximum Gasteiger partial charge on any atom is 0.241 e. The minimum atomic E-state index is -0.696. The molecule has 0 radical (unpaired) electrons. The van der Waals surface area contributed by atoms with Crippen molar-refractivity contribution in [2.45, 2.75) is 18.6 Å². The van der Waals surface area contributed by atoms with Crippen molar-refractivity contribution in [1.29, 1.82) is 0 Å². The van der Waals surface area contributed by atoms with Crippen molar-refractivity contribution < 1.29 is 18.7 Å². The molecule has 1 heterocycles. The van der Waals surface area contributed by atoms with Gasteiger partial charge in [-0.3, -0.25) is 4.79 Å². The van der Waals surface area contributed by atoms with Gasteiger partial charge in [-0.2, -0.15) is 0 Å². The number of aliphatic hydroxyl groups excluding tert-OH is 1. The Bertz CT molecular complexity index is 439. The van der Waals surface area contributed by atoms with Crippen LogP contribution in [0.25, 0.3) is 0 Å². The van der Waals surface area contributed by atoms with E-state index in [1.165, 1.54) is 0 Å². The molecule has 1 aliphatic heterocycles. The van der Waals surface area contributed by atoms with Gasteiger partial charge in [-0.1, -0.05) is 0 Å². The Morgan fingerprint density at radius 3 is 2.88 bits per heavy atom. The molecular formula is C11H12F2N2O2.